The van der Waals surface area contributed by atoms with E-state index < -0.39 is 9.05 Å². The zero-order chi connectivity index (χ0) is 15.5. The van der Waals surface area contributed by atoms with Crippen molar-refractivity contribution in [2.45, 2.75) is 11.4 Å². The third kappa shape index (κ3) is 4.26. The topological polar surface area (TPSA) is 76.1 Å². The number of carbonyl (C=O) groups is 1. The summed E-state index contributed by atoms with van der Waals surface area (Å²) in [7, 11) is 1.49. The van der Waals surface area contributed by atoms with Crippen molar-refractivity contribution in [1.29, 1.82) is 0 Å². The molecule has 2 rings (SSSR count). The predicted octanol–water partition coefficient (Wildman–Crippen LogP) is 2.70. The molecule has 0 saturated heterocycles. The van der Waals surface area contributed by atoms with Gasteiger partial charge in [-0.1, -0.05) is 12.1 Å². The summed E-state index contributed by atoms with van der Waals surface area (Å²) >= 11 is 3.25. The molecule has 0 aliphatic rings. The van der Waals surface area contributed by atoms with E-state index in [1.807, 2.05) is 0 Å². The summed E-state index contributed by atoms with van der Waals surface area (Å²) in [5, 5.41) is 2.70. The Balaban J connectivity index is 2.04. The van der Waals surface area contributed by atoms with Gasteiger partial charge in [0.05, 0.1) is 4.90 Å². The van der Waals surface area contributed by atoms with Crippen molar-refractivity contribution in [1.82, 2.24) is 10.3 Å². The van der Waals surface area contributed by atoms with Crippen molar-refractivity contribution in [2.24, 2.45) is 0 Å². The number of benzene rings is 1. The van der Waals surface area contributed by atoms with Crippen molar-refractivity contribution in [3.8, 4) is 0 Å². The van der Waals surface area contributed by atoms with Gasteiger partial charge in [0.1, 0.15) is 5.69 Å². The molecule has 110 valence electrons. The monoisotopic (exact) mass is 388 g/mol. The molecule has 0 saturated carbocycles. The fourth-order valence-corrected chi connectivity index (χ4v) is 2.79. The van der Waals surface area contributed by atoms with Gasteiger partial charge < -0.3 is 5.32 Å². The second-order valence-corrected chi connectivity index (χ2v) is 7.52. The van der Waals surface area contributed by atoms with E-state index in [0.717, 1.165) is 5.56 Å². The maximum absolute atomic E-state index is 11.9. The summed E-state index contributed by atoms with van der Waals surface area (Å²) in [6.45, 7) is 0.254. The van der Waals surface area contributed by atoms with Gasteiger partial charge in [-0.15, -0.1) is 0 Å². The molecule has 1 heterocycles. The molecule has 1 aromatic carbocycles. The summed E-state index contributed by atoms with van der Waals surface area (Å²) in [5.41, 5.74) is 1.04. The van der Waals surface area contributed by atoms with Gasteiger partial charge in [0.15, 0.2) is 0 Å². The average molecular weight is 390 g/mol. The van der Waals surface area contributed by atoms with Crippen LogP contribution in [0.2, 0.25) is 0 Å². The van der Waals surface area contributed by atoms with Crippen LogP contribution in [0.15, 0.2) is 52.0 Å². The van der Waals surface area contributed by atoms with Crippen LogP contribution in [-0.4, -0.2) is 19.3 Å². The molecule has 0 bridgehead atoms. The maximum atomic E-state index is 11.9. The first-order valence-corrected chi connectivity index (χ1v) is 8.90. The fraction of sp³-hybridized carbons (Fsp3) is 0.0769. The standard InChI is InChI=1S/C13H10BrClN2O3S/c14-11-2-1-7-16-12(11)13(18)17-8-9-3-5-10(6-4-9)21(15,19)20/h1-7H,8H2,(H,17,18). The molecule has 1 aromatic heterocycles. The van der Waals surface area contributed by atoms with Crippen LogP contribution in [0.5, 0.6) is 0 Å². The van der Waals surface area contributed by atoms with Crippen LogP contribution in [0.1, 0.15) is 16.1 Å². The van der Waals surface area contributed by atoms with E-state index in [1.165, 1.54) is 18.3 Å². The van der Waals surface area contributed by atoms with E-state index in [4.69, 9.17) is 10.7 Å². The minimum Gasteiger partial charge on any atom is -0.347 e. The van der Waals surface area contributed by atoms with Gasteiger partial charge in [0, 0.05) is 27.9 Å². The van der Waals surface area contributed by atoms with E-state index in [1.54, 1.807) is 24.3 Å². The van der Waals surface area contributed by atoms with E-state index in [9.17, 15) is 13.2 Å². The highest BCUT2D eigenvalue weighted by atomic mass is 79.9. The van der Waals surface area contributed by atoms with Crippen LogP contribution in [0, 0.1) is 0 Å². The first-order chi connectivity index (χ1) is 9.88. The number of hydrogen-bond acceptors (Lipinski definition) is 4. The zero-order valence-electron chi connectivity index (χ0n) is 10.6. The number of nitrogens with zero attached hydrogens (tertiary/aromatic N) is 1. The third-order valence-corrected chi connectivity index (χ3v) is 4.64. The lowest BCUT2D eigenvalue weighted by molar-refractivity contribution is 0.0945. The Morgan fingerprint density at radius 1 is 1.24 bits per heavy atom. The second-order valence-electron chi connectivity index (χ2n) is 4.10. The minimum absolute atomic E-state index is 0.0201. The molecule has 1 N–H and O–H groups in total. The lowest BCUT2D eigenvalue weighted by atomic mass is 10.2. The Morgan fingerprint density at radius 2 is 1.90 bits per heavy atom. The largest absolute Gasteiger partial charge is 0.347 e. The Kier molecular flexibility index (Phi) is 4.97. The molecule has 0 fully saturated rings. The highest BCUT2D eigenvalue weighted by Gasteiger charge is 2.12. The maximum Gasteiger partial charge on any atom is 0.271 e. The summed E-state index contributed by atoms with van der Waals surface area (Å²) in [4.78, 5) is 15.9. The molecule has 0 spiro atoms. The smallest absolute Gasteiger partial charge is 0.271 e. The van der Waals surface area contributed by atoms with Gasteiger partial charge in [-0.2, -0.15) is 0 Å². The van der Waals surface area contributed by atoms with Crippen molar-refractivity contribution in [3.05, 3.63) is 58.3 Å². The molecule has 0 aliphatic heterocycles. The van der Waals surface area contributed by atoms with Crippen molar-refractivity contribution in [3.63, 3.8) is 0 Å². The molecule has 2 aromatic rings. The van der Waals surface area contributed by atoms with Crippen LogP contribution in [0.25, 0.3) is 0 Å². The molecule has 1 amide bonds. The number of halogens is 2. The van der Waals surface area contributed by atoms with Gasteiger partial charge in [-0.25, -0.2) is 13.4 Å². The first-order valence-electron chi connectivity index (χ1n) is 5.80. The normalized spacial score (nSPS) is 11.1. The van der Waals surface area contributed by atoms with Crippen LogP contribution >= 0.6 is 26.6 Å². The Bertz CT molecular complexity index is 763. The highest BCUT2D eigenvalue weighted by Crippen LogP contribution is 2.16. The van der Waals surface area contributed by atoms with Gasteiger partial charge in [-0.05, 0) is 45.8 Å². The number of nitrogens with one attached hydrogen (secondary N) is 1. The summed E-state index contributed by atoms with van der Waals surface area (Å²) in [6, 6.07) is 9.39. The molecule has 0 aliphatic carbocycles. The molecule has 5 nitrogen and oxygen atoms in total. The predicted molar refractivity (Wildman–Crippen MR) is 82.6 cm³/mol. The lowest BCUT2D eigenvalue weighted by Crippen LogP contribution is -2.24. The van der Waals surface area contributed by atoms with E-state index in [0.29, 0.717) is 4.47 Å². The number of hydrogen-bond donors (Lipinski definition) is 1. The second kappa shape index (κ2) is 6.55. The quantitative estimate of drug-likeness (QED) is 0.816. The van der Waals surface area contributed by atoms with Gasteiger partial charge in [0.25, 0.3) is 15.0 Å². The third-order valence-electron chi connectivity index (χ3n) is 2.63. The molecular formula is C13H10BrClN2O3S. The van der Waals surface area contributed by atoms with Crippen LogP contribution in [0.3, 0.4) is 0 Å². The SMILES string of the molecule is O=C(NCc1ccc(S(=O)(=O)Cl)cc1)c1ncccc1Br. The average Bonchev–Trinajstić information content (AvgIpc) is 2.45. The molecule has 0 atom stereocenters. The summed E-state index contributed by atoms with van der Waals surface area (Å²) < 4.78 is 22.8. The molecule has 0 unspecified atom stereocenters. The number of pyridine rings is 1. The first kappa shape index (κ1) is 15.9. The highest BCUT2D eigenvalue weighted by molar-refractivity contribution is 9.10. The van der Waals surface area contributed by atoms with Crippen LogP contribution in [-0.2, 0) is 15.6 Å². The number of carbonyl (C=O) groups excluding carboxylic acids is 1. The minimum atomic E-state index is -3.73. The van der Waals surface area contributed by atoms with Crippen molar-refractivity contribution < 1.29 is 13.2 Å². The molecule has 8 heteroatoms. The van der Waals surface area contributed by atoms with E-state index in [2.05, 4.69) is 26.2 Å². The Morgan fingerprint density at radius 3 is 2.48 bits per heavy atom. The molecular weight excluding hydrogens is 380 g/mol. The van der Waals surface area contributed by atoms with E-state index >= 15 is 0 Å². The van der Waals surface area contributed by atoms with Crippen LogP contribution < -0.4 is 5.32 Å². The van der Waals surface area contributed by atoms with Gasteiger partial charge >= 0.3 is 0 Å². The molecule has 0 radical (unpaired) electrons. The van der Waals surface area contributed by atoms with E-state index in [-0.39, 0.29) is 23.0 Å². The number of amides is 1. The Labute approximate surface area is 134 Å². The van der Waals surface area contributed by atoms with Crippen molar-refractivity contribution >= 4 is 41.6 Å². The number of aromatic nitrogens is 1. The molecule has 21 heavy (non-hydrogen) atoms. The lowest BCUT2D eigenvalue weighted by Gasteiger charge is -2.06. The van der Waals surface area contributed by atoms with Gasteiger partial charge in [-0.3, -0.25) is 4.79 Å². The fourth-order valence-electron chi connectivity index (χ4n) is 1.59. The van der Waals surface area contributed by atoms with Crippen LogP contribution in [0.4, 0.5) is 0 Å². The summed E-state index contributed by atoms with van der Waals surface area (Å²) in [6.07, 6.45) is 1.53. The summed E-state index contributed by atoms with van der Waals surface area (Å²) in [5.74, 6) is -0.323. The number of rotatable bonds is 4. The van der Waals surface area contributed by atoms with Crippen molar-refractivity contribution in [2.75, 3.05) is 0 Å². The van der Waals surface area contributed by atoms with Gasteiger partial charge in [0.2, 0.25) is 0 Å². The zero-order valence-corrected chi connectivity index (χ0v) is 13.7. The Hall–Kier alpha value is -1.44.